The summed E-state index contributed by atoms with van der Waals surface area (Å²) in [6.07, 6.45) is 3.05. The minimum absolute atomic E-state index is 0. The van der Waals surface area contributed by atoms with Crippen LogP contribution in [0.2, 0.25) is 0 Å². The number of carbonyl (C=O) groups excluding carboxylic acids is 1. The molecule has 0 spiro atoms. The zero-order valence-corrected chi connectivity index (χ0v) is 15.8. The second-order valence-corrected chi connectivity index (χ2v) is 4.97. The molecule has 0 atom stereocenters. The average molecular weight is 419 g/mol. The van der Waals surface area contributed by atoms with Crippen molar-refractivity contribution in [3.8, 4) is 0 Å². The van der Waals surface area contributed by atoms with Gasteiger partial charge in [-0.1, -0.05) is 6.07 Å². The minimum Gasteiger partial charge on any atom is -0.356 e. The Bertz CT molecular complexity index is 451. The molecule has 0 radical (unpaired) electrons. The van der Waals surface area contributed by atoms with Crippen LogP contribution in [0.15, 0.2) is 29.4 Å². The van der Waals surface area contributed by atoms with Gasteiger partial charge in [-0.15, -0.1) is 24.0 Å². The van der Waals surface area contributed by atoms with Crippen molar-refractivity contribution in [1.29, 1.82) is 0 Å². The van der Waals surface area contributed by atoms with Crippen molar-refractivity contribution in [1.82, 2.24) is 20.9 Å². The maximum Gasteiger partial charge on any atom is 0.221 e. The van der Waals surface area contributed by atoms with Gasteiger partial charge in [-0.25, -0.2) is 0 Å². The smallest absolute Gasteiger partial charge is 0.221 e. The van der Waals surface area contributed by atoms with E-state index in [9.17, 15) is 4.79 Å². The lowest BCUT2D eigenvalue weighted by Gasteiger charge is -2.12. The Hall–Kier alpha value is -1.38. The van der Waals surface area contributed by atoms with Gasteiger partial charge < -0.3 is 16.0 Å². The van der Waals surface area contributed by atoms with Crippen LogP contribution in [-0.2, 0) is 11.2 Å². The van der Waals surface area contributed by atoms with Crippen LogP contribution in [0.1, 0.15) is 26.0 Å². The molecule has 22 heavy (non-hydrogen) atoms. The Morgan fingerprint density at radius 1 is 1.27 bits per heavy atom. The van der Waals surface area contributed by atoms with Crippen LogP contribution in [0.5, 0.6) is 0 Å². The third-order valence-corrected chi connectivity index (χ3v) is 2.72. The molecule has 0 saturated carbocycles. The summed E-state index contributed by atoms with van der Waals surface area (Å²) in [5.41, 5.74) is 1.04. The minimum atomic E-state index is 0. The lowest BCUT2D eigenvalue weighted by atomic mass is 10.3. The molecule has 0 bridgehead atoms. The number of halogens is 1. The molecule has 1 aromatic heterocycles. The molecule has 6 nitrogen and oxygen atoms in total. The molecule has 0 aliphatic carbocycles. The van der Waals surface area contributed by atoms with E-state index in [0.29, 0.717) is 18.9 Å². The van der Waals surface area contributed by atoms with Crippen molar-refractivity contribution in [2.45, 2.75) is 32.7 Å². The van der Waals surface area contributed by atoms with Crippen LogP contribution in [0.25, 0.3) is 0 Å². The Kier molecular flexibility index (Phi) is 11.4. The number of carbonyl (C=O) groups is 1. The van der Waals surface area contributed by atoms with Crippen LogP contribution in [-0.4, -0.2) is 43.0 Å². The molecule has 0 unspecified atom stereocenters. The van der Waals surface area contributed by atoms with E-state index in [1.807, 2.05) is 32.0 Å². The van der Waals surface area contributed by atoms with Crippen molar-refractivity contribution in [3.63, 3.8) is 0 Å². The van der Waals surface area contributed by atoms with E-state index in [2.05, 4.69) is 25.9 Å². The fraction of sp³-hybridized carbons (Fsp3) is 0.533. The number of hydrogen-bond donors (Lipinski definition) is 3. The first kappa shape index (κ1) is 20.6. The number of aliphatic imine (C=N–C) groups is 1. The Labute approximate surface area is 149 Å². The van der Waals surface area contributed by atoms with E-state index in [4.69, 9.17) is 0 Å². The molecule has 3 N–H and O–H groups in total. The first-order valence-electron chi connectivity index (χ1n) is 7.25. The normalized spacial score (nSPS) is 10.8. The van der Waals surface area contributed by atoms with E-state index in [-0.39, 0.29) is 35.9 Å². The second kappa shape index (κ2) is 12.2. The molecule has 1 rings (SSSR count). The highest BCUT2D eigenvalue weighted by atomic mass is 127. The van der Waals surface area contributed by atoms with Crippen molar-refractivity contribution in [2.75, 3.05) is 20.1 Å². The quantitative estimate of drug-likeness (QED) is 0.354. The topological polar surface area (TPSA) is 78.4 Å². The van der Waals surface area contributed by atoms with Crippen molar-refractivity contribution >= 4 is 35.8 Å². The first-order chi connectivity index (χ1) is 10.1. The largest absolute Gasteiger partial charge is 0.356 e. The molecule has 1 amide bonds. The SMILES string of the molecule is CN=C(NCCC(=O)NC(C)C)NCCc1ccccn1.I. The van der Waals surface area contributed by atoms with Gasteiger partial charge in [0, 0.05) is 50.9 Å². The standard InChI is InChI=1S/C15H25N5O.HI/c1-12(2)20-14(21)8-11-19-15(16-3)18-10-7-13-6-4-5-9-17-13;/h4-6,9,12H,7-8,10-11H2,1-3H3,(H,20,21)(H2,16,18,19);1H. The number of nitrogens with one attached hydrogen (secondary N) is 3. The van der Waals surface area contributed by atoms with Gasteiger partial charge in [0.25, 0.3) is 0 Å². The number of amides is 1. The third-order valence-electron chi connectivity index (χ3n) is 2.72. The number of rotatable bonds is 7. The van der Waals surface area contributed by atoms with Gasteiger partial charge in [0.2, 0.25) is 5.91 Å². The van der Waals surface area contributed by atoms with Gasteiger partial charge in [-0.2, -0.15) is 0 Å². The zero-order valence-electron chi connectivity index (χ0n) is 13.4. The molecule has 0 saturated heterocycles. The fourth-order valence-corrected chi connectivity index (χ4v) is 1.76. The van der Waals surface area contributed by atoms with Gasteiger partial charge in [-0.3, -0.25) is 14.8 Å². The average Bonchev–Trinajstić information content (AvgIpc) is 2.46. The lowest BCUT2D eigenvalue weighted by molar-refractivity contribution is -0.121. The molecular weight excluding hydrogens is 393 g/mol. The summed E-state index contributed by atoms with van der Waals surface area (Å²) in [5.74, 6) is 0.740. The van der Waals surface area contributed by atoms with Gasteiger partial charge in [0.15, 0.2) is 5.96 Å². The molecule has 0 aliphatic rings. The molecule has 0 aromatic carbocycles. The lowest BCUT2D eigenvalue weighted by Crippen LogP contribution is -2.40. The van der Waals surface area contributed by atoms with Crippen LogP contribution < -0.4 is 16.0 Å². The summed E-state index contributed by atoms with van der Waals surface area (Å²) in [6, 6.07) is 6.05. The predicted molar refractivity (Wildman–Crippen MR) is 101 cm³/mol. The zero-order chi connectivity index (χ0) is 15.5. The number of aromatic nitrogens is 1. The van der Waals surface area contributed by atoms with Crippen molar-refractivity contribution in [3.05, 3.63) is 30.1 Å². The van der Waals surface area contributed by atoms with Gasteiger partial charge in [0.1, 0.15) is 0 Å². The highest BCUT2D eigenvalue weighted by Crippen LogP contribution is 1.92. The summed E-state index contributed by atoms with van der Waals surface area (Å²) in [6.45, 7) is 5.20. The highest BCUT2D eigenvalue weighted by Gasteiger charge is 2.03. The summed E-state index contributed by atoms with van der Waals surface area (Å²) in [5, 5.41) is 9.17. The van der Waals surface area contributed by atoms with Crippen LogP contribution in [0.3, 0.4) is 0 Å². The van der Waals surface area contributed by atoms with E-state index in [1.165, 1.54) is 0 Å². The number of nitrogens with zero attached hydrogens (tertiary/aromatic N) is 2. The molecular formula is C15H26IN5O. The summed E-state index contributed by atoms with van der Waals surface area (Å²) >= 11 is 0. The van der Waals surface area contributed by atoms with E-state index in [0.717, 1.165) is 18.7 Å². The third kappa shape index (κ3) is 9.54. The first-order valence-corrected chi connectivity index (χ1v) is 7.25. The maximum absolute atomic E-state index is 11.5. The summed E-state index contributed by atoms with van der Waals surface area (Å²) < 4.78 is 0. The summed E-state index contributed by atoms with van der Waals surface area (Å²) in [4.78, 5) is 19.9. The maximum atomic E-state index is 11.5. The molecule has 0 fully saturated rings. The molecule has 1 aromatic rings. The number of pyridine rings is 1. The second-order valence-electron chi connectivity index (χ2n) is 4.97. The molecule has 1 heterocycles. The number of guanidine groups is 1. The van der Waals surface area contributed by atoms with Gasteiger partial charge in [0.05, 0.1) is 0 Å². The van der Waals surface area contributed by atoms with Crippen LogP contribution >= 0.6 is 24.0 Å². The molecule has 124 valence electrons. The van der Waals surface area contributed by atoms with Gasteiger partial charge >= 0.3 is 0 Å². The van der Waals surface area contributed by atoms with Crippen LogP contribution in [0, 0.1) is 0 Å². The van der Waals surface area contributed by atoms with Crippen LogP contribution in [0.4, 0.5) is 0 Å². The monoisotopic (exact) mass is 419 g/mol. The van der Waals surface area contributed by atoms with Gasteiger partial charge in [-0.05, 0) is 26.0 Å². The number of hydrogen-bond acceptors (Lipinski definition) is 3. The van der Waals surface area contributed by atoms with E-state index < -0.39 is 0 Å². The predicted octanol–water partition coefficient (Wildman–Crippen LogP) is 1.32. The Morgan fingerprint density at radius 3 is 2.59 bits per heavy atom. The Balaban J connectivity index is 0.00000441. The van der Waals surface area contributed by atoms with Crippen molar-refractivity contribution < 1.29 is 4.79 Å². The Morgan fingerprint density at radius 2 is 2.00 bits per heavy atom. The van der Waals surface area contributed by atoms with Crippen molar-refractivity contribution in [2.24, 2.45) is 4.99 Å². The van der Waals surface area contributed by atoms with E-state index in [1.54, 1.807) is 13.2 Å². The van der Waals surface area contributed by atoms with E-state index >= 15 is 0 Å². The highest BCUT2D eigenvalue weighted by molar-refractivity contribution is 14.0. The molecule has 7 heteroatoms. The molecule has 0 aliphatic heterocycles. The summed E-state index contributed by atoms with van der Waals surface area (Å²) in [7, 11) is 1.71. The fourth-order valence-electron chi connectivity index (χ4n) is 1.76.